The van der Waals surface area contributed by atoms with Gasteiger partial charge in [0.2, 0.25) is 5.82 Å². The third-order valence-corrected chi connectivity index (χ3v) is 4.00. The van der Waals surface area contributed by atoms with E-state index in [-0.39, 0.29) is 0 Å². The largest absolute Gasteiger partial charge is 0.308 e. The lowest BCUT2D eigenvalue weighted by atomic mass is 10.0. The maximum Gasteiger partial charge on any atom is 0.200 e. The Balaban J connectivity index is 2.67. The fraction of sp³-hybridized carbons (Fsp3) is 0.167. The molecule has 20 heavy (non-hydrogen) atoms. The first-order chi connectivity index (χ1) is 9.38. The third kappa shape index (κ3) is 2.41. The Labute approximate surface area is 120 Å². The number of hydrogen-bond donors (Lipinski definition) is 1. The number of hydrogen-bond acceptors (Lipinski definition) is 2. The Morgan fingerprint density at radius 3 is 1.85 bits per heavy atom. The van der Waals surface area contributed by atoms with Crippen molar-refractivity contribution in [3.63, 3.8) is 0 Å². The number of halogens is 6. The van der Waals surface area contributed by atoms with Crippen LogP contribution in [0.15, 0.2) is 12.1 Å². The van der Waals surface area contributed by atoms with Gasteiger partial charge in [-0.3, -0.25) is 0 Å². The minimum absolute atomic E-state index is 0.334. The van der Waals surface area contributed by atoms with Crippen LogP contribution in [0.1, 0.15) is 16.5 Å². The molecule has 1 atom stereocenters. The summed E-state index contributed by atoms with van der Waals surface area (Å²) >= 11 is 6.69. The summed E-state index contributed by atoms with van der Waals surface area (Å²) in [5, 5.41) is 2.52. The molecule has 2 rings (SSSR count). The molecule has 0 aliphatic carbocycles. The van der Waals surface area contributed by atoms with Gasteiger partial charge in [-0.2, -0.15) is 0 Å². The van der Waals surface area contributed by atoms with Gasteiger partial charge in [0, 0.05) is 4.88 Å². The van der Waals surface area contributed by atoms with Crippen molar-refractivity contribution in [3.8, 4) is 0 Å². The average molecular weight is 328 g/mol. The molecule has 0 aliphatic rings. The van der Waals surface area contributed by atoms with Gasteiger partial charge < -0.3 is 5.32 Å². The van der Waals surface area contributed by atoms with Crippen LogP contribution in [0.25, 0.3) is 0 Å². The van der Waals surface area contributed by atoms with Gasteiger partial charge in [0.05, 0.1) is 15.9 Å². The lowest BCUT2D eigenvalue weighted by Gasteiger charge is -2.17. The van der Waals surface area contributed by atoms with Crippen LogP contribution in [0, 0.1) is 29.1 Å². The van der Waals surface area contributed by atoms with Crippen molar-refractivity contribution in [3.05, 3.63) is 56.0 Å². The highest BCUT2D eigenvalue weighted by Crippen LogP contribution is 2.35. The van der Waals surface area contributed by atoms with Crippen LogP contribution in [-0.4, -0.2) is 7.05 Å². The maximum absolute atomic E-state index is 13.7. The quantitative estimate of drug-likeness (QED) is 0.500. The minimum atomic E-state index is -2.18. The number of rotatable bonds is 3. The molecule has 1 unspecified atom stereocenters. The predicted octanol–water partition coefficient (Wildman–Crippen LogP) is 4.41. The Morgan fingerprint density at radius 2 is 1.45 bits per heavy atom. The van der Waals surface area contributed by atoms with E-state index in [0.717, 1.165) is 11.3 Å². The summed E-state index contributed by atoms with van der Waals surface area (Å²) in [6.07, 6.45) is 0. The zero-order valence-corrected chi connectivity index (χ0v) is 11.5. The number of benzene rings is 1. The van der Waals surface area contributed by atoms with Crippen molar-refractivity contribution in [2.45, 2.75) is 6.04 Å². The molecule has 1 nitrogen and oxygen atoms in total. The smallest absolute Gasteiger partial charge is 0.200 e. The van der Waals surface area contributed by atoms with Gasteiger partial charge in [-0.25, -0.2) is 22.0 Å². The molecule has 0 aliphatic heterocycles. The van der Waals surface area contributed by atoms with E-state index in [0.29, 0.717) is 9.21 Å². The molecule has 0 fully saturated rings. The average Bonchev–Trinajstić information content (AvgIpc) is 2.85. The van der Waals surface area contributed by atoms with Crippen molar-refractivity contribution < 1.29 is 22.0 Å². The predicted molar refractivity (Wildman–Crippen MR) is 66.5 cm³/mol. The first kappa shape index (κ1) is 15.2. The zero-order chi connectivity index (χ0) is 15.0. The van der Waals surface area contributed by atoms with Crippen molar-refractivity contribution in [1.82, 2.24) is 5.32 Å². The molecule has 108 valence electrons. The zero-order valence-electron chi connectivity index (χ0n) is 9.91. The van der Waals surface area contributed by atoms with Crippen LogP contribution in [0.5, 0.6) is 0 Å². The first-order valence-corrected chi connectivity index (χ1v) is 6.51. The minimum Gasteiger partial charge on any atom is -0.308 e. The number of nitrogens with one attached hydrogen (secondary N) is 1. The summed E-state index contributed by atoms with van der Waals surface area (Å²) in [6, 6.07) is 1.74. The molecule has 1 aromatic heterocycles. The second-order valence-corrected chi connectivity index (χ2v) is 5.59. The van der Waals surface area contributed by atoms with Crippen LogP contribution in [-0.2, 0) is 0 Å². The van der Waals surface area contributed by atoms with Gasteiger partial charge in [-0.15, -0.1) is 11.3 Å². The Morgan fingerprint density at radius 1 is 0.950 bits per heavy atom. The van der Waals surface area contributed by atoms with Crippen molar-refractivity contribution >= 4 is 22.9 Å². The molecule has 0 bridgehead atoms. The van der Waals surface area contributed by atoms with Crippen LogP contribution in [0.3, 0.4) is 0 Å². The van der Waals surface area contributed by atoms with Crippen molar-refractivity contribution in [2.24, 2.45) is 0 Å². The second kappa shape index (κ2) is 5.67. The summed E-state index contributed by atoms with van der Waals surface area (Å²) in [4.78, 5) is 0.334. The van der Waals surface area contributed by atoms with E-state index in [1.54, 1.807) is 0 Å². The molecule has 0 saturated carbocycles. The molecular weight excluding hydrogens is 321 g/mol. The van der Waals surface area contributed by atoms with E-state index in [9.17, 15) is 22.0 Å². The number of thiophene rings is 1. The summed E-state index contributed by atoms with van der Waals surface area (Å²) in [6.45, 7) is 0. The van der Waals surface area contributed by atoms with Gasteiger partial charge in [0.15, 0.2) is 23.3 Å². The van der Waals surface area contributed by atoms with Gasteiger partial charge >= 0.3 is 0 Å². The Bertz CT molecular complexity index is 629. The molecule has 0 amide bonds. The maximum atomic E-state index is 13.7. The van der Waals surface area contributed by atoms with Gasteiger partial charge in [0.25, 0.3) is 0 Å². The van der Waals surface area contributed by atoms with Crippen LogP contribution < -0.4 is 5.32 Å². The topological polar surface area (TPSA) is 12.0 Å². The highest BCUT2D eigenvalue weighted by molar-refractivity contribution is 7.16. The fourth-order valence-electron chi connectivity index (χ4n) is 1.79. The summed E-state index contributed by atoms with van der Waals surface area (Å²) in [7, 11) is 1.34. The molecule has 8 heteroatoms. The molecular formula is C12H7ClF5NS. The van der Waals surface area contributed by atoms with E-state index >= 15 is 0 Å². The molecule has 1 aromatic carbocycles. The lowest BCUT2D eigenvalue weighted by molar-refractivity contribution is 0.364. The lowest BCUT2D eigenvalue weighted by Crippen LogP contribution is -2.21. The van der Waals surface area contributed by atoms with E-state index < -0.39 is 40.7 Å². The summed E-state index contributed by atoms with van der Waals surface area (Å²) < 4.78 is 67.2. The Kier molecular flexibility index (Phi) is 4.31. The Hall–Kier alpha value is -1.18. The molecule has 0 radical (unpaired) electrons. The fourth-order valence-corrected chi connectivity index (χ4v) is 2.97. The van der Waals surface area contributed by atoms with Crippen molar-refractivity contribution in [1.29, 1.82) is 0 Å². The molecule has 2 aromatic rings. The molecule has 1 heterocycles. The highest BCUT2D eigenvalue weighted by Gasteiger charge is 2.31. The van der Waals surface area contributed by atoms with Crippen molar-refractivity contribution in [2.75, 3.05) is 7.05 Å². The molecule has 1 N–H and O–H groups in total. The van der Waals surface area contributed by atoms with Gasteiger partial charge in [-0.1, -0.05) is 11.6 Å². The van der Waals surface area contributed by atoms with E-state index in [2.05, 4.69) is 5.32 Å². The molecule has 0 saturated heterocycles. The standard InChI is InChI=1S/C12H7ClF5NS/c1-19-12(4-2-3-5(13)20-4)6-7(14)9(16)11(18)10(17)8(6)15/h2-3,12,19H,1H3. The van der Waals surface area contributed by atoms with E-state index in [1.165, 1.54) is 19.2 Å². The van der Waals surface area contributed by atoms with E-state index in [4.69, 9.17) is 11.6 Å². The highest BCUT2D eigenvalue weighted by atomic mass is 35.5. The van der Waals surface area contributed by atoms with Gasteiger partial charge in [0.1, 0.15) is 0 Å². The van der Waals surface area contributed by atoms with Crippen LogP contribution >= 0.6 is 22.9 Å². The first-order valence-electron chi connectivity index (χ1n) is 5.32. The van der Waals surface area contributed by atoms with Crippen LogP contribution in [0.2, 0.25) is 4.34 Å². The third-order valence-electron chi connectivity index (χ3n) is 2.70. The summed E-state index contributed by atoms with van der Waals surface area (Å²) in [5.41, 5.74) is -0.928. The molecule has 0 spiro atoms. The van der Waals surface area contributed by atoms with Crippen LogP contribution in [0.4, 0.5) is 22.0 Å². The SMILES string of the molecule is CNC(c1ccc(Cl)s1)c1c(F)c(F)c(F)c(F)c1F. The van der Waals surface area contributed by atoms with E-state index in [1.807, 2.05) is 0 Å². The summed E-state index contributed by atoms with van der Waals surface area (Å²) in [5.74, 6) is -9.83. The monoisotopic (exact) mass is 327 g/mol. The normalized spacial score (nSPS) is 12.8. The second-order valence-electron chi connectivity index (χ2n) is 3.85. The van der Waals surface area contributed by atoms with Gasteiger partial charge in [-0.05, 0) is 19.2 Å².